The van der Waals surface area contributed by atoms with Gasteiger partial charge in [-0.15, -0.1) is 0 Å². The minimum absolute atomic E-state index is 0.125. The van der Waals surface area contributed by atoms with Crippen LogP contribution in [0.15, 0.2) is 12.7 Å². The van der Waals surface area contributed by atoms with E-state index in [4.69, 9.17) is 9.47 Å². The molecule has 0 unspecified atom stereocenters. The van der Waals surface area contributed by atoms with Crippen LogP contribution in [-0.2, 0) is 14.3 Å². The number of carbonyl (C=O) groups is 2. The molecule has 0 saturated carbocycles. The summed E-state index contributed by atoms with van der Waals surface area (Å²) in [6.45, 7) is 14.2. The highest BCUT2D eigenvalue weighted by Gasteiger charge is 2.26. The van der Waals surface area contributed by atoms with Gasteiger partial charge in [-0.2, -0.15) is 0 Å². The molecule has 0 radical (unpaired) electrons. The number of carbonyl (C=O) groups excluding carboxylic acids is 2. The Kier molecular flexibility index (Phi) is 9.49. The minimum Gasteiger partial charge on any atom is -0.459 e. The van der Waals surface area contributed by atoms with Crippen molar-refractivity contribution >= 4 is 12.1 Å². The van der Waals surface area contributed by atoms with Gasteiger partial charge in [0, 0.05) is 6.54 Å². The van der Waals surface area contributed by atoms with Crippen LogP contribution in [0.5, 0.6) is 0 Å². The Morgan fingerprint density at radius 2 is 1.86 bits per heavy atom. The maximum atomic E-state index is 12.1. The third-order valence-electron chi connectivity index (χ3n) is 2.65. The molecular weight excluding hydrogens is 284 g/mol. The number of esters is 1. The van der Waals surface area contributed by atoms with E-state index in [0.29, 0.717) is 19.5 Å². The second kappa shape index (κ2) is 10.2. The lowest BCUT2D eigenvalue weighted by Crippen LogP contribution is -2.45. The maximum Gasteiger partial charge on any atom is 0.407 e. The zero-order valence-electron chi connectivity index (χ0n) is 14.4. The van der Waals surface area contributed by atoms with E-state index in [1.54, 1.807) is 0 Å². The van der Waals surface area contributed by atoms with Crippen LogP contribution in [0.4, 0.5) is 4.79 Å². The topological polar surface area (TPSA) is 76.7 Å². The van der Waals surface area contributed by atoms with Crippen molar-refractivity contribution in [1.82, 2.24) is 10.6 Å². The summed E-state index contributed by atoms with van der Waals surface area (Å²) in [4.78, 5) is 23.3. The summed E-state index contributed by atoms with van der Waals surface area (Å²) in [7, 11) is 0. The van der Waals surface area contributed by atoms with E-state index in [2.05, 4.69) is 17.2 Å². The van der Waals surface area contributed by atoms with Gasteiger partial charge in [-0.1, -0.05) is 26.5 Å². The highest BCUT2D eigenvalue weighted by Crippen LogP contribution is 2.12. The Morgan fingerprint density at radius 1 is 1.23 bits per heavy atom. The molecule has 0 aromatic heterocycles. The predicted molar refractivity (Wildman–Crippen MR) is 86.6 cm³/mol. The van der Waals surface area contributed by atoms with Gasteiger partial charge >= 0.3 is 12.1 Å². The van der Waals surface area contributed by atoms with Gasteiger partial charge in [0.1, 0.15) is 18.2 Å². The van der Waals surface area contributed by atoms with Crippen molar-refractivity contribution in [1.29, 1.82) is 0 Å². The molecule has 22 heavy (non-hydrogen) atoms. The van der Waals surface area contributed by atoms with Gasteiger partial charge in [0.25, 0.3) is 0 Å². The number of rotatable bonds is 9. The molecule has 1 amide bonds. The number of nitrogens with one attached hydrogen (secondary N) is 2. The molecule has 0 heterocycles. The fourth-order valence-electron chi connectivity index (χ4n) is 1.68. The third-order valence-corrected chi connectivity index (χ3v) is 2.65. The van der Waals surface area contributed by atoms with E-state index in [1.807, 2.05) is 34.6 Å². The molecular formula is C16H30N2O4. The summed E-state index contributed by atoms with van der Waals surface area (Å²) in [5.41, 5.74) is -0.498. The van der Waals surface area contributed by atoms with Crippen LogP contribution in [0.3, 0.4) is 0 Å². The van der Waals surface area contributed by atoms with Crippen LogP contribution in [0, 0.1) is 5.92 Å². The lowest BCUT2D eigenvalue weighted by molar-refractivity contribution is -0.158. The molecule has 0 bridgehead atoms. The van der Waals surface area contributed by atoms with Crippen molar-refractivity contribution in [2.24, 2.45) is 5.92 Å². The van der Waals surface area contributed by atoms with Crippen molar-refractivity contribution < 1.29 is 19.1 Å². The maximum absolute atomic E-state index is 12.1. The van der Waals surface area contributed by atoms with E-state index in [9.17, 15) is 9.59 Å². The largest absolute Gasteiger partial charge is 0.459 e. The van der Waals surface area contributed by atoms with Gasteiger partial charge in [-0.3, -0.25) is 4.79 Å². The summed E-state index contributed by atoms with van der Waals surface area (Å²) in [6, 6.07) is -0.355. The SMILES string of the molecule is C=CCOC(=O)NCCCN[C@H](C(=O)OC(C)(C)C)C(C)C. The number of hydrogen-bond donors (Lipinski definition) is 2. The fourth-order valence-corrected chi connectivity index (χ4v) is 1.68. The Morgan fingerprint density at radius 3 is 2.36 bits per heavy atom. The first kappa shape index (κ1) is 20.4. The normalized spacial score (nSPS) is 12.6. The lowest BCUT2D eigenvalue weighted by Gasteiger charge is -2.26. The van der Waals surface area contributed by atoms with Crippen molar-refractivity contribution in [3.63, 3.8) is 0 Å². The molecule has 0 aliphatic heterocycles. The van der Waals surface area contributed by atoms with Gasteiger partial charge in [-0.25, -0.2) is 4.79 Å². The molecule has 0 saturated heterocycles. The van der Waals surface area contributed by atoms with E-state index in [0.717, 1.165) is 0 Å². The first-order valence-electron chi connectivity index (χ1n) is 7.65. The Balaban J connectivity index is 4.04. The van der Waals surface area contributed by atoms with Crippen molar-refractivity contribution in [3.05, 3.63) is 12.7 Å². The molecule has 0 aliphatic carbocycles. The van der Waals surface area contributed by atoms with E-state index < -0.39 is 11.7 Å². The molecule has 0 aromatic rings. The average molecular weight is 314 g/mol. The van der Waals surface area contributed by atoms with Crippen molar-refractivity contribution in [3.8, 4) is 0 Å². The Labute approximate surface area is 133 Å². The molecule has 6 nitrogen and oxygen atoms in total. The number of ether oxygens (including phenoxy) is 2. The zero-order valence-corrected chi connectivity index (χ0v) is 14.4. The molecule has 6 heteroatoms. The quantitative estimate of drug-likeness (QED) is 0.388. The molecule has 0 spiro atoms. The van der Waals surface area contributed by atoms with Crippen molar-refractivity contribution in [2.75, 3.05) is 19.7 Å². The molecule has 1 atom stereocenters. The summed E-state index contributed by atoms with van der Waals surface area (Å²) < 4.78 is 10.2. The summed E-state index contributed by atoms with van der Waals surface area (Å²) in [5, 5.41) is 5.80. The average Bonchev–Trinajstić information content (AvgIpc) is 2.37. The van der Waals surface area contributed by atoms with E-state index >= 15 is 0 Å². The zero-order chi connectivity index (χ0) is 17.2. The smallest absolute Gasteiger partial charge is 0.407 e. The molecule has 2 N–H and O–H groups in total. The first-order valence-corrected chi connectivity index (χ1v) is 7.65. The summed E-state index contributed by atoms with van der Waals surface area (Å²) in [6.07, 6.45) is 1.73. The predicted octanol–water partition coefficient (Wildman–Crippen LogP) is 2.24. The summed E-state index contributed by atoms with van der Waals surface area (Å²) >= 11 is 0. The first-order chi connectivity index (χ1) is 10.2. The van der Waals surface area contributed by atoms with Gasteiger partial charge in [0.05, 0.1) is 0 Å². The third kappa shape index (κ3) is 10.2. The second-order valence-electron chi connectivity index (χ2n) is 6.38. The summed E-state index contributed by atoms with van der Waals surface area (Å²) in [5.74, 6) is -0.124. The number of alkyl carbamates (subject to hydrolysis) is 1. The number of amides is 1. The molecule has 0 aromatic carbocycles. The fraction of sp³-hybridized carbons (Fsp3) is 0.750. The van der Waals surface area contributed by atoms with Gasteiger partial charge in [-0.05, 0) is 39.7 Å². The molecule has 128 valence electrons. The van der Waals surface area contributed by atoms with Crippen LogP contribution in [-0.4, -0.2) is 43.4 Å². The van der Waals surface area contributed by atoms with Gasteiger partial charge in [0.2, 0.25) is 0 Å². The molecule has 0 rings (SSSR count). The highest BCUT2D eigenvalue weighted by atomic mass is 16.6. The van der Waals surface area contributed by atoms with Crippen LogP contribution in [0.1, 0.15) is 41.0 Å². The second-order valence-corrected chi connectivity index (χ2v) is 6.38. The highest BCUT2D eigenvalue weighted by molar-refractivity contribution is 5.76. The van der Waals surface area contributed by atoms with Crippen LogP contribution in [0.2, 0.25) is 0 Å². The van der Waals surface area contributed by atoms with Gasteiger partial charge < -0.3 is 20.1 Å². The van der Waals surface area contributed by atoms with E-state index in [1.165, 1.54) is 6.08 Å². The Hall–Kier alpha value is -1.56. The van der Waals surface area contributed by atoms with Crippen LogP contribution in [0.25, 0.3) is 0 Å². The molecule has 0 aliphatic rings. The van der Waals surface area contributed by atoms with Crippen LogP contribution < -0.4 is 10.6 Å². The lowest BCUT2D eigenvalue weighted by atomic mass is 10.0. The monoisotopic (exact) mass is 314 g/mol. The minimum atomic E-state index is -0.498. The standard InChI is InChI=1S/C16H30N2O4/c1-7-11-21-15(20)18-10-8-9-17-13(12(2)3)14(19)22-16(4,5)6/h7,12-13,17H,1,8-11H2,2-6H3,(H,18,20)/t13-/m0/s1. The van der Waals surface area contributed by atoms with Crippen molar-refractivity contribution in [2.45, 2.75) is 52.7 Å². The van der Waals surface area contributed by atoms with E-state index in [-0.39, 0.29) is 24.5 Å². The van der Waals surface area contributed by atoms with Gasteiger partial charge in [0.15, 0.2) is 0 Å². The Bertz CT molecular complexity index is 362. The van der Waals surface area contributed by atoms with Crippen LogP contribution >= 0.6 is 0 Å². The molecule has 0 fully saturated rings. The number of hydrogen-bond acceptors (Lipinski definition) is 5.